The Bertz CT molecular complexity index is 913. The van der Waals surface area contributed by atoms with Crippen LogP contribution in [0, 0.1) is 6.92 Å². The Morgan fingerprint density at radius 3 is 2.64 bits per heavy atom. The van der Waals surface area contributed by atoms with Crippen LogP contribution in [0.15, 0.2) is 47.9 Å². The molecule has 2 aromatic heterocycles. The number of halogens is 1. The summed E-state index contributed by atoms with van der Waals surface area (Å²) in [4.78, 5) is 15.5. The van der Waals surface area contributed by atoms with E-state index in [0.717, 1.165) is 16.8 Å². The SMILES string of the molecule is Cc1c(Cl)cccc1-n1c(SC(C)C(N)=O)nnc1-c1ccncc1. The summed E-state index contributed by atoms with van der Waals surface area (Å²) in [7, 11) is 0. The van der Waals surface area contributed by atoms with Gasteiger partial charge < -0.3 is 5.73 Å². The zero-order valence-electron chi connectivity index (χ0n) is 13.7. The summed E-state index contributed by atoms with van der Waals surface area (Å²) < 4.78 is 1.89. The first-order chi connectivity index (χ1) is 12.0. The Morgan fingerprint density at radius 2 is 1.96 bits per heavy atom. The molecular weight excluding hydrogens is 358 g/mol. The van der Waals surface area contributed by atoms with Crippen LogP contribution >= 0.6 is 23.4 Å². The first kappa shape index (κ1) is 17.4. The molecule has 2 N–H and O–H groups in total. The normalized spacial score (nSPS) is 12.1. The van der Waals surface area contributed by atoms with Gasteiger partial charge >= 0.3 is 0 Å². The highest BCUT2D eigenvalue weighted by atomic mass is 35.5. The molecule has 0 aliphatic carbocycles. The minimum absolute atomic E-state index is 0.409. The molecule has 0 bridgehead atoms. The summed E-state index contributed by atoms with van der Waals surface area (Å²) in [6.45, 7) is 3.67. The van der Waals surface area contributed by atoms with Gasteiger partial charge in [0.2, 0.25) is 5.91 Å². The molecule has 0 aliphatic heterocycles. The number of aromatic nitrogens is 4. The number of pyridine rings is 1. The summed E-state index contributed by atoms with van der Waals surface area (Å²) in [5.41, 5.74) is 8.01. The van der Waals surface area contributed by atoms with Gasteiger partial charge in [-0.1, -0.05) is 29.4 Å². The Balaban J connectivity index is 2.20. The van der Waals surface area contributed by atoms with Crippen LogP contribution < -0.4 is 5.73 Å². The molecule has 25 heavy (non-hydrogen) atoms. The van der Waals surface area contributed by atoms with Crippen molar-refractivity contribution in [1.82, 2.24) is 19.7 Å². The van der Waals surface area contributed by atoms with Gasteiger partial charge in [0, 0.05) is 23.0 Å². The van der Waals surface area contributed by atoms with Gasteiger partial charge in [0.25, 0.3) is 0 Å². The van der Waals surface area contributed by atoms with E-state index in [1.54, 1.807) is 19.3 Å². The minimum atomic E-state index is -0.437. The number of thioether (sulfide) groups is 1. The molecule has 128 valence electrons. The summed E-state index contributed by atoms with van der Waals surface area (Å²) in [5, 5.41) is 9.36. The lowest BCUT2D eigenvalue weighted by Crippen LogP contribution is -2.23. The van der Waals surface area contributed by atoms with Crippen LogP contribution in [0.4, 0.5) is 0 Å². The third-order valence-electron chi connectivity index (χ3n) is 3.73. The van der Waals surface area contributed by atoms with E-state index in [-0.39, 0.29) is 0 Å². The average Bonchev–Trinajstić information content (AvgIpc) is 3.01. The molecule has 1 aromatic carbocycles. The zero-order chi connectivity index (χ0) is 18.0. The largest absolute Gasteiger partial charge is 0.369 e. The molecule has 8 heteroatoms. The van der Waals surface area contributed by atoms with E-state index in [1.165, 1.54) is 11.8 Å². The van der Waals surface area contributed by atoms with Crippen molar-refractivity contribution in [2.24, 2.45) is 5.73 Å². The number of hydrogen-bond donors (Lipinski definition) is 1. The van der Waals surface area contributed by atoms with Crippen molar-refractivity contribution < 1.29 is 4.79 Å². The van der Waals surface area contributed by atoms with Crippen molar-refractivity contribution >= 4 is 29.3 Å². The van der Waals surface area contributed by atoms with Crippen LogP contribution in [-0.4, -0.2) is 30.9 Å². The number of amides is 1. The van der Waals surface area contributed by atoms with E-state index in [0.29, 0.717) is 16.0 Å². The lowest BCUT2D eigenvalue weighted by Gasteiger charge is -2.14. The quantitative estimate of drug-likeness (QED) is 0.693. The second-order valence-corrected chi connectivity index (χ2v) is 7.14. The van der Waals surface area contributed by atoms with Crippen LogP contribution in [0.2, 0.25) is 5.02 Å². The smallest absolute Gasteiger partial charge is 0.230 e. The van der Waals surface area contributed by atoms with Crippen molar-refractivity contribution in [3.63, 3.8) is 0 Å². The number of nitrogens with zero attached hydrogens (tertiary/aromatic N) is 4. The lowest BCUT2D eigenvalue weighted by atomic mass is 10.2. The molecule has 1 amide bonds. The highest BCUT2D eigenvalue weighted by Crippen LogP contribution is 2.32. The molecule has 3 aromatic rings. The van der Waals surface area contributed by atoms with Gasteiger partial charge in [0.1, 0.15) is 0 Å². The second kappa shape index (κ2) is 7.25. The maximum atomic E-state index is 11.5. The fourth-order valence-corrected chi connectivity index (χ4v) is 3.29. The lowest BCUT2D eigenvalue weighted by molar-refractivity contribution is -0.117. The van der Waals surface area contributed by atoms with E-state index < -0.39 is 11.2 Å². The topological polar surface area (TPSA) is 86.7 Å². The molecule has 0 radical (unpaired) electrons. The third-order valence-corrected chi connectivity index (χ3v) is 5.21. The van der Waals surface area contributed by atoms with Gasteiger partial charge in [0.15, 0.2) is 11.0 Å². The van der Waals surface area contributed by atoms with Crippen LogP contribution in [0.3, 0.4) is 0 Å². The molecule has 0 spiro atoms. The van der Waals surface area contributed by atoms with Gasteiger partial charge in [-0.2, -0.15) is 0 Å². The number of primary amides is 1. The number of rotatable bonds is 5. The molecule has 6 nitrogen and oxygen atoms in total. The maximum absolute atomic E-state index is 11.5. The standard InChI is InChI=1S/C17H16ClN5OS/c1-10-13(18)4-3-5-14(10)23-16(12-6-8-20-9-7-12)21-22-17(23)25-11(2)15(19)24/h3-9,11H,1-2H3,(H2,19,24). The summed E-state index contributed by atoms with van der Waals surface area (Å²) in [6, 6.07) is 9.34. The maximum Gasteiger partial charge on any atom is 0.230 e. The highest BCUT2D eigenvalue weighted by Gasteiger charge is 2.21. The van der Waals surface area contributed by atoms with E-state index in [9.17, 15) is 4.79 Å². The summed E-state index contributed by atoms with van der Waals surface area (Å²) in [6.07, 6.45) is 3.38. The van der Waals surface area contributed by atoms with Gasteiger partial charge in [0.05, 0.1) is 10.9 Å². The number of carbonyl (C=O) groups is 1. The molecule has 0 saturated carbocycles. The Morgan fingerprint density at radius 1 is 1.24 bits per heavy atom. The van der Waals surface area contributed by atoms with Gasteiger partial charge in [-0.25, -0.2) is 0 Å². The number of carbonyl (C=O) groups excluding carboxylic acids is 1. The molecule has 1 unspecified atom stereocenters. The zero-order valence-corrected chi connectivity index (χ0v) is 15.3. The fraction of sp³-hybridized carbons (Fsp3) is 0.176. The molecular formula is C17H16ClN5OS. The monoisotopic (exact) mass is 373 g/mol. The highest BCUT2D eigenvalue weighted by molar-refractivity contribution is 8.00. The van der Waals surface area contributed by atoms with Crippen molar-refractivity contribution in [3.05, 3.63) is 53.3 Å². The van der Waals surface area contributed by atoms with Crippen molar-refractivity contribution in [2.45, 2.75) is 24.3 Å². The fourth-order valence-electron chi connectivity index (χ4n) is 2.31. The Hall–Kier alpha value is -2.38. The molecule has 1 atom stereocenters. The second-order valence-electron chi connectivity index (χ2n) is 5.42. The first-order valence-corrected chi connectivity index (χ1v) is 8.82. The predicted octanol–water partition coefficient (Wildman–Crippen LogP) is 3.26. The van der Waals surface area contributed by atoms with E-state index in [1.807, 2.05) is 41.8 Å². The number of benzene rings is 1. The molecule has 0 saturated heterocycles. The summed E-state index contributed by atoms with van der Waals surface area (Å²) in [5.74, 6) is 0.236. The average molecular weight is 374 g/mol. The van der Waals surface area contributed by atoms with E-state index in [2.05, 4.69) is 15.2 Å². The van der Waals surface area contributed by atoms with Crippen molar-refractivity contribution in [2.75, 3.05) is 0 Å². The number of nitrogens with two attached hydrogens (primary N) is 1. The first-order valence-electron chi connectivity index (χ1n) is 7.56. The van der Waals surface area contributed by atoms with Gasteiger partial charge in [-0.05, 0) is 43.7 Å². The number of hydrogen-bond acceptors (Lipinski definition) is 5. The molecule has 0 fully saturated rings. The van der Waals surface area contributed by atoms with E-state index >= 15 is 0 Å². The van der Waals surface area contributed by atoms with E-state index in [4.69, 9.17) is 17.3 Å². The van der Waals surface area contributed by atoms with Crippen molar-refractivity contribution in [1.29, 1.82) is 0 Å². The Kier molecular flexibility index (Phi) is 5.06. The molecule has 3 rings (SSSR count). The van der Waals surface area contributed by atoms with Crippen LogP contribution in [-0.2, 0) is 4.79 Å². The summed E-state index contributed by atoms with van der Waals surface area (Å²) >= 11 is 7.55. The molecule has 2 heterocycles. The van der Waals surface area contributed by atoms with Gasteiger partial charge in [-0.3, -0.25) is 14.3 Å². The Labute approximate surface area is 154 Å². The van der Waals surface area contributed by atoms with Crippen LogP contribution in [0.25, 0.3) is 17.1 Å². The van der Waals surface area contributed by atoms with Crippen LogP contribution in [0.5, 0.6) is 0 Å². The van der Waals surface area contributed by atoms with Crippen molar-refractivity contribution in [3.8, 4) is 17.1 Å². The van der Waals surface area contributed by atoms with Crippen LogP contribution in [0.1, 0.15) is 12.5 Å². The predicted molar refractivity (Wildman–Crippen MR) is 98.9 cm³/mol. The molecule has 0 aliphatic rings. The third kappa shape index (κ3) is 3.52. The minimum Gasteiger partial charge on any atom is -0.369 e. The van der Waals surface area contributed by atoms with Gasteiger partial charge in [-0.15, -0.1) is 10.2 Å².